The van der Waals surface area contributed by atoms with Crippen molar-refractivity contribution in [2.24, 2.45) is 10.9 Å². The van der Waals surface area contributed by atoms with E-state index in [4.69, 9.17) is 0 Å². The molecule has 1 aromatic rings. The Kier molecular flexibility index (Phi) is 6.11. The molecule has 1 aliphatic carbocycles. The van der Waals surface area contributed by atoms with E-state index in [1.165, 1.54) is 19.3 Å². The van der Waals surface area contributed by atoms with Gasteiger partial charge in [0.2, 0.25) is 5.91 Å². The van der Waals surface area contributed by atoms with Gasteiger partial charge < -0.3 is 15.5 Å². The molecule has 8 heteroatoms. The van der Waals surface area contributed by atoms with E-state index in [1.807, 2.05) is 4.68 Å². The molecule has 3 unspecified atom stereocenters. The van der Waals surface area contributed by atoms with Crippen molar-refractivity contribution in [3.8, 4) is 0 Å². The summed E-state index contributed by atoms with van der Waals surface area (Å²) in [5, 5.41) is 11.4. The van der Waals surface area contributed by atoms with E-state index in [2.05, 4.69) is 32.6 Å². The number of likely N-dealkylation sites (N-methyl/N-ethyl adjacent to an activating group) is 1. The van der Waals surface area contributed by atoms with Crippen molar-refractivity contribution in [3.05, 3.63) is 12.2 Å². The maximum Gasteiger partial charge on any atom is 0.243 e. The van der Waals surface area contributed by atoms with Gasteiger partial charge in [-0.3, -0.25) is 4.79 Å². The molecule has 1 fully saturated rings. The minimum absolute atomic E-state index is 0.00463. The number of fused-ring (bicyclic) bond motifs is 1. The number of aryl methyl sites for hydroxylation is 1. The highest BCUT2D eigenvalue weighted by Crippen LogP contribution is 2.23. The van der Waals surface area contributed by atoms with Gasteiger partial charge in [-0.25, -0.2) is 14.7 Å². The Morgan fingerprint density at radius 2 is 2.12 bits per heavy atom. The summed E-state index contributed by atoms with van der Waals surface area (Å²) >= 11 is 0. The number of hydrogen-bond donors (Lipinski definition) is 2. The standard InChI is InChI=1S/C18H31N7O/c1-13-6-4-5-7-15(13)23-18(19-10-17(26)24(2)3)22-14-8-9-16-20-12-21-25(16)11-14/h12-15H,4-11H2,1-3H3,(H2,19,22,23). The molecular weight excluding hydrogens is 330 g/mol. The third kappa shape index (κ3) is 4.74. The molecule has 8 nitrogen and oxygen atoms in total. The van der Waals surface area contributed by atoms with Crippen LogP contribution >= 0.6 is 0 Å². The first-order chi connectivity index (χ1) is 12.5. The second-order valence-corrected chi connectivity index (χ2v) is 7.70. The van der Waals surface area contributed by atoms with Crippen LogP contribution in [0.2, 0.25) is 0 Å². The summed E-state index contributed by atoms with van der Waals surface area (Å²) < 4.78 is 1.95. The SMILES string of the molecule is CC1CCCCC1NC(=NCC(=O)N(C)C)NC1CCc2ncnn2C1. The molecule has 26 heavy (non-hydrogen) atoms. The Bertz CT molecular complexity index is 639. The topological polar surface area (TPSA) is 87.4 Å². The van der Waals surface area contributed by atoms with E-state index in [1.54, 1.807) is 25.3 Å². The number of carbonyl (C=O) groups excluding carboxylic acids is 1. The quantitative estimate of drug-likeness (QED) is 0.612. The van der Waals surface area contributed by atoms with E-state index in [-0.39, 0.29) is 18.5 Å². The number of rotatable bonds is 4. The van der Waals surface area contributed by atoms with Crippen LogP contribution in [0.3, 0.4) is 0 Å². The van der Waals surface area contributed by atoms with E-state index < -0.39 is 0 Å². The summed E-state index contributed by atoms with van der Waals surface area (Å²) in [4.78, 5) is 22.4. The lowest BCUT2D eigenvalue weighted by Gasteiger charge is -2.33. The predicted octanol–water partition coefficient (Wildman–Crippen LogP) is 0.795. The number of hydrogen-bond acceptors (Lipinski definition) is 4. The first kappa shape index (κ1) is 18.7. The first-order valence-corrected chi connectivity index (χ1v) is 9.67. The van der Waals surface area contributed by atoms with Crippen LogP contribution in [0.15, 0.2) is 11.3 Å². The van der Waals surface area contributed by atoms with E-state index in [9.17, 15) is 4.79 Å². The van der Waals surface area contributed by atoms with Gasteiger partial charge in [-0.15, -0.1) is 0 Å². The summed E-state index contributed by atoms with van der Waals surface area (Å²) in [7, 11) is 3.52. The van der Waals surface area contributed by atoms with Gasteiger partial charge in [-0.05, 0) is 25.2 Å². The Morgan fingerprint density at radius 3 is 2.88 bits per heavy atom. The average Bonchev–Trinajstić information content (AvgIpc) is 3.09. The van der Waals surface area contributed by atoms with Crippen molar-refractivity contribution in [2.75, 3.05) is 20.6 Å². The summed E-state index contributed by atoms with van der Waals surface area (Å²) in [6.45, 7) is 3.23. The van der Waals surface area contributed by atoms with Crippen molar-refractivity contribution >= 4 is 11.9 Å². The molecule has 0 aromatic carbocycles. The van der Waals surface area contributed by atoms with Crippen LogP contribution in [0.25, 0.3) is 0 Å². The minimum Gasteiger partial charge on any atom is -0.353 e. The predicted molar refractivity (Wildman–Crippen MR) is 101 cm³/mol. The first-order valence-electron chi connectivity index (χ1n) is 9.67. The molecule has 2 aliphatic rings. The zero-order chi connectivity index (χ0) is 18.5. The monoisotopic (exact) mass is 361 g/mol. The average molecular weight is 361 g/mol. The number of nitrogens with zero attached hydrogens (tertiary/aromatic N) is 5. The molecule has 3 atom stereocenters. The minimum atomic E-state index is 0.00463. The maximum absolute atomic E-state index is 12.0. The molecule has 1 amide bonds. The van der Waals surface area contributed by atoms with Crippen molar-refractivity contribution in [2.45, 2.75) is 64.1 Å². The molecule has 0 radical (unpaired) electrons. The molecule has 2 heterocycles. The molecule has 1 aliphatic heterocycles. The summed E-state index contributed by atoms with van der Waals surface area (Å²) in [5.74, 6) is 2.41. The van der Waals surface area contributed by atoms with Gasteiger partial charge >= 0.3 is 0 Å². The number of nitrogens with one attached hydrogen (secondary N) is 2. The number of amides is 1. The fraction of sp³-hybridized carbons (Fsp3) is 0.778. The van der Waals surface area contributed by atoms with E-state index >= 15 is 0 Å². The van der Waals surface area contributed by atoms with Gasteiger partial charge in [-0.1, -0.05) is 19.8 Å². The van der Waals surface area contributed by atoms with Crippen LogP contribution in [0, 0.1) is 5.92 Å². The molecule has 0 bridgehead atoms. The third-order valence-electron chi connectivity index (χ3n) is 5.45. The number of guanidine groups is 1. The van der Waals surface area contributed by atoms with E-state index in [0.29, 0.717) is 12.0 Å². The Morgan fingerprint density at radius 1 is 1.31 bits per heavy atom. The Hall–Kier alpha value is -2.12. The van der Waals surface area contributed by atoms with E-state index in [0.717, 1.165) is 37.6 Å². The number of carbonyl (C=O) groups is 1. The van der Waals surface area contributed by atoms with Gasteiger partial charge in [0.05, 0.1) is 6.54 Å². The van der Waals surface area contributed by atoms with Gasteiger partial charge in [0.1, 0.15) is 18.7 Å². The Balaban J connectivity index is 1.66. The van der Waals surface area contributed by atoms with Crippen molar-refractivity contribution in [1.29, 1.82) is 0 Å². The van der Waals surface area contributed by atoms with Crippen LogP contribution in [0.1, 0.15) is 44.9 Å². The molecule has 2 N–H and O–H groups in total. The van der Waals surface area contributed by atoms with Crippen LogP contribution in [-0.2, 0) is 17.8 Å². The normalized spacial score (nSPS) is 26.1. The van der Waals surface area contributed by atoms with Gasteiger partial charge in [0, 0.05) is 32.6 Å². The maximum atomic E-state index is 12.0. The lowest BCUT2D eigenvalue weighted by molar-refractivity contribution is -0.127. The van der Waals surface area contributed by atoms with Crippen molar-refractivity contribution in [1.82, 2.24) is 30.3 Å². The third-order valence-corrected chi connectivity index (χ3v) is 5.45. The van der Waals surface area contributed by atoms with Crippen LogP contribution in [0.4, 0.5) is 0 Å². The molecule has 0 spiro atoms. The lowest BCUT2D eigenvalue weighted by Crippen LogP contribution is -2.52. The second-order valence-electron chi connectivity index (χ2n) is 7.70. The fourth-order valence-corrected chi connectivity index (χ4v) is 3.68. The zero-order valence-corrected chi connectivity index (χ0v) is 16.1. The number of aromatic nitrogens is 3. The highest BCUT2D eigenvalue weighted by atomic mass is 16.2. The van der Waals surface area contributed by atoms with Crippen molar-refractivity contribution < 1.29 is 4.79 Å². The number of aliphatic imine (C=N–C) groups is 1. The Labute approximate surface area is 155 Å². The van der Waals surface area contributed by atoms with Gasteiger partial charge in [0.15, 0.2) is 5.96 Å². The molecule has 144 valence electrons. The molecule has 1 aromatic heterocycles. The molecular formula is C18H31N7O. The van der Waals surface area contributed by atoms with Gasteiger partial charge in [0.25, 0.3) is 0 Å². The van der Waals surface area contributed by atoms with Crippen LogP contribution in [0.5, 0.6) is 0 Å². The summed E-state index contributed by atoms with van der Waals surface area (Å²) in [6, 6.07) is 0.652. The summed E-state index contributed by atoms with van der Waals surface area (Å²) in [5.41, 5.74) is 0. The van der Waals surface area contributed by atoms with Gasteiger partial charge in [-0.2, -0.15) is 5.10 Å². The molecule has 0 saturated heterocycles. The fourth-order valence-electron chi connectivity index (χ4n) is 3.68. The smallest absolute Gasteiger partial charge is 0.243 e. The second kappa shape index (κ2) is 8.51. The molecule has 1 saturated carbocycles. The zero-order valence-electron chi connectivity index (χ0n) is 16.1. The lowest BCUT2D eigenvalue weighted by atomic mass is 9.86. The summed E-state index contributed by atoms with van der Waals surface area (Å²) in [6.07, 6.45) is 8.45. The highest BCUT2D eigenvalue weighted by molar-refractivity contribution is 5.85. The van der Waals surface area contributed by atoms with Crippen LogP contribution < -0.4 is 10.6 Å². The molecule has 3 rings (SSSR count). The largest absolute Gasteiger partial charge is 0.353 e. The van der Waals surface area contributed by atoms with Crippen LogP contribution in [-0.4, -0.2) is 64.3 Å². The van der Waals surface area contributed by atoms with Crippen molar-refractivity contribution in [3.63, 3.8) is 0 Å². The highest BCUT2D eigenvalue weighted by Gasteiger charge is 2.25.